The molecule has 2 atom stereocenters. The highest BCUT2D eigenvalue weighted by Crippen LogP contribution is 2.41. The van der Waals surface area contributed by atoms with Gasteiger partial charge in [0.15, 0.2) is 17.5 Å². The minimum absolute atomic E-state index is 0.0228. The molecule has 1 aliphatic carbocycles. The Kier molecular flexibility index (Phi) is 4.68. The first kappa shape index (κ1) is 19.6. The van der Waals surface area contributed by atoms with Gasteiger partial charge in [0.2, 0.25) is 0 Å². The number of hydrogen-bond acceptors (Lipinski definition) is 2. The summed E-state index contributed by atoms with van der Waals surface area (Å²) in [7, 11) is 0. The number of hydrogen-bond donors (Lipinski definition) is 1. The Morgan fingerprint density at radius 1 is 1.00 bits per heavy atom. The Morgan fingerprint density at radius 3 is 2.39 bits per heavy atom. The molecule has 0 saturated heterocycles. The second-order valence-electron chi connectivity index (χ2n) is 7.83. The molecule has 1 saturated carbocycles. The summed E-state index contributed by atoms with van der Waals surface area (Å²) in [6.45, 7) is 0.228. The largest absolute Gasteiger partial charge is 0.322 e. The van der Waals surface area contributed by atoms with Crippen molar-refractivity contribution in [1.82, 2.24) is 14.7 Å². The fourth-order valence-corrected chi connectivity index (χ4v) is 4.60. The molecule has 9 heteroatoms. The summed E-state index contributed by atoms with van der Waals surface area (Å²) in [5.74, 6) is -4.67. The fourth-order valence-electron chi connectivity index (χ4n) is 4.60. The zero-order chi connectivity index (χ0) is 21.7. The summed E-state index contributed by atoms with van der Waals surface area (Å²) < 4.78 is 55.6. The summed E-state index contributed by atoms with van der Waals surface area (Å²) in [5.41, 5.74) is 2.22. The van der Waals surface area contributed by atoms with Gasteiger partial charge in [-0.2, -0.15) is 5.10 Å². The van der Waals surface area contributed by atoms with Crippen molar-refractivity contribution in [1.29, 1.82) is 0 Å². The number of urea groups is 1. The quantitative estimate of drug-likeness (QED) is 0.446. The minimum Gasteiger partial charge on any atom is -0.313 e. The number of halogens is 4. The van der Waals surface area contributed by atoms with Gasteiger partial charge in [-0.1, -0.05) is 12.1 Å². The molecule has 2 amide bonds. The van der Waals surface area contributed by atoms with Crippen LogP contribution < -0.4 is 5.32 Å². The van der Waals surface area contributed by atoms with Gasteiger partial charge < -0.3 is 10.2 Å². The van der Waals surface area contributed by atoms with Crippen LogP contribution in [-0.4, -0.2) is 26.8 Å². The zero-order valence-corrected chi connectivity index (χ0v) is 16.3. The number of benzene rings is 2. The van der Waals surface area contributed by atoms with Crippen LogP contribution in [0, 0.1) is 23.3 Å². The van der Waals surface area contributed by atoms with E-state index in [0.29, 0.717) is 0 Å². The summed E-state index contributed by atoms with van der Waals surface area (Å²) in [6.07, 6.45) is 4.23. The van der Waals surface area contributed by atoms with Crippen molar-refractivity contribution in [3.63, 3.8) is 0 Å². The van der Waals surface area contributed by atoms with Gasteiger partial charge in [0.1, 0.15) is 5.82 Å². The van der Waals surface area contributed by atoms with Crippen LogP contribution in [0.4, 0.5) is 28.0 Å². The van der Waals surface area contributed by atoms with E-state index < -0.39 is 23.5 Å². The Morgan fingerprint density at radius 2 is 1.68 bits per heavy atom. The number of anilines is 1. The van der Waals surface area contributed by atoms with Crippen LogP contribution in [0.2, 0.25) is 0 Å². The maximum Gasteiger partial charge on any atom is 0.322 e. The zero-order valence-electron chi connectivity index (χ0n) is 16.3. The molecule has 0 radical (unpaired) electrons. The van der Waals surface area contributed by atoms with E-state index in [9.17, 15) is 22.4 Å². The molecule has 5 nitrogen and oxygen atoms in total. The summed E-state index contributed by atoms with van der Waals surface area (Å²) in [6, 6.07) is 6.87. The number of fused-ring (bicyclic) bond motifs is 3. The fraction of sp³-hybridized carbons (Fsp3) is 0.273. The molecule has 160 valence electrons. The molecule has 0 spiro atoms. The van der Waals surface area contributed by atoms with Crippen molar-refractivity contribution >= 4 is 11.7 Å². The predicted octanol–water partition coefficient (Wildman–Crippen LogP) is 5.25. The normalized spacial score (nSPS) is 19.8. The lowest BCUT2D eigenvalue weighted by atomic mass is 10.0. The lowest BCUT2D eigenvalue weighted by molar-refractivity contribution is 0.139. The van der Waals surface area contributed by atoms with E-state index in [2.05, 4.69) is 10.4 Å². The van der Waals surface area contributed by atoms with E-state index in [0.717, 1.165) is 48.2 Å². The second-order valence-corrected chi connectivity index (χ2v) is 7.83. The molecule has 2 aromatic carbocycles. The third-order valence-corrected chi connectivity index (χ3v) is 6.03. The number of carbonyl (C=O) groups is 1. The molecule has 0 bridgehead atoms. The van der Waals surface area contributed by atoms with E-state index in [1.807, 2.05) is 4.68 Å². The number of amides is 2. The lowest BCUT2D eigenvalue weighted by Crippen LogP contribution is -2.48. The number of nitrogens with zero attached hydrogens (tertiary/aromatic N) is 3. The highest BCUT2D eigenvalue weighted by atomic mass is 19.2. The highest BCUT2D eigenvalue weighted by molar-refractivity contribution is 5.90. The topological polar surface area (TPSA) is 50.2 Å². The van der Waals surface area contributed by atoms with E-state index >= 15 is 0 Å². The van der Waals surface area contributed by atoms with Gasteiger partial charge in [-0.15, -0.1) is 0 Å². The third-order valence-electron chi connectivity index (χ3n) is 6.03. The van der Waals surface area contributed by atoms with Gasteiger partial charge in [0, 0.05) is 23.4 Å². The first-order chi connectivity index (χ1) is 14.9. The molecule has 5 rings (SSSR count). The van der Waals surface area contributed by atoms with Gasteiger partial charge in [-0.25, -0.2) is 22.4 Å². The van der Waals surface area contributed by atoms with E-state index in [1.165, 1.54) is 12.1 Å². The van der Waals surface area contributed by atoms with Crippen molar-refractivity contribution < 1.29 is 22.4 Å². The third kappa shape index (κ3) is 3.34. The predicted molar refractivity (Wildman–Crippen MR) is 105 cm³/mol. The number of rotatable bonds is 2. The summed E-state index contributed by atoms with van der Waals surface area (Å²) in [4.78, 5) is 14.7. The van der Waals surface area contributed by atoms with Crippen molar-refractivity contribution in [2.45, 2.75) is 37.9 Å². The SMILES string of the molecule is O=C(Nc1cc(F)c(F)c(F)c1)N1Cc2c(-c3ccc(F)cc3)cnn2C2CCCC21. The standard InChI is InChI=1S/C22H18F4N4O/c23-13-6-4-12(5-7-13)15-10-27-30-19-3-1-2-18(19)29(11-20(15)30)22(31)28-14-8-16(24)21(26)17(25)9-14/h4-10,18-19H,1-3,11H2,(H,28,31). The van der Waals surface area contributed by atoms with E-state index in [1.54, 1.807) is 23.2 Å². The minimum atomic E-state index is -1.58. The smallest absolute Gasteiger partial charge is 0.313 e. The maximum absolute atomic E-state index is 13.6. The maximum atomic E-state index is 13.6. The number of nitrogens with one attached hydrogen (secondary N) is 1. The van der Waals surface area contributed by atoms with Crippen LogP contribution >= 0.6 is 0 Å². The number of aromatic nitrogens is 2. The first-order valence-corrected chi connectivity index (χ1v) is 9.97. The number of carbonyl (C=O) groups excluding carboxylic acids is 1. The first-order valence-electron chi connectivity index (χ1n) is 9.97. The molecular weight excluding hydrogens is 412 g/mol. The van der Waals surface area contributed by atoms with Crippen LogP contribution in [-0.2, 0) is 6.54 Å². The molecule has 2 heterocycles. The molecule has 2 aliphatic rings. The van der Waals surface area contributed by atoms with Crippen molar-refractivity contribution in [2.75, 3.05) is 5.32 Å². The second kappa shape index (κ2) is 7.40. The molecule has 1 aliphatic heterocycles. The molecule has 31 heavy (non-hydrogen) atoms. The highest BCUT2D eigenvalue weighted by Gasteiger charge is 2.42. The Bertz CT molecular complexity index is 1140. The molecule has 1 fully saturated rings. The van der Waals surface area contributed by atoms with Crippen LogP contribution in [0.5, 0.6) is 0 Å². The molecule has 2 unspecified atom stereocenters. The van der Waals surface area contributed by atoms with Gasteiger partial charge in [0.05, 0.1) is 30.5 Å². The molecule has 3 aromatic rings. The van der Waals surface area contributed by atoms with Gasteiger partial charge in [-0.05, 0) is 37.0 Å². The van der Waals surface area contributed by atoms with Crippen LogP contribution in [0.3, 0.4) is 0 Å². The van der Waals surface area contributed by atoms with Crippen LogP contribution in [0.1, 0.15) is 31.0 Å². The van der Waals surface area contributed by atoms with E-state index in [-0.39, 0.29) is 30.1 Å². The van der Waals surface area contributed by atoms with Crippen LogP contribution in [0.15, 0.2) is 42.6 Å². The summed E-state index contributed by atoms with van der Waals surface area (Å²) in [5, 5.41) is 7.02. The average Bonchev–Trinajstić information content (AvgIpc) is 3.38. The Hall–Kier alpha value is -3.36. The average molecular weight is 430 g/mol. The van der Waals surface area contributed by atoms with Crippen LogP contribution in [0.25, 0.3) is 11.1 Å². The summed E-state index contributed by atoms with van der Waals surface area (Å²) >= 11 is 0. The molecular formula is C22H18F4N4O. The van der Waals surface area contributed by atoms with Crippen molar-refractivity contribution in [3.05, 3.63) is 71.6 Å². The van der Waals surface area contributed by atoms with Gasteiger partial charge in [-0.3, -0.25) is 4.68 Å². The molecule has 1 N–H and O–H groups in total. The Labute approximate surface area is 175 Å². The molecule has 1 aromatic heterocycles. The van der Waals surface area contributed by atoms with Gasteiger partial charge >= 0.3 is 6.03 Å². The monoisotopic (exact) mass is 430 g/mol. The van der Waals surface area contributed by atoms with Crippen molar-refractivity contribution in [3.8, 4) is 11.1 Å². The van der Waals surface area contributed by atoms with E-state index in [4.69, 9.17) is 0 Å². The van der Waals surface area contributed by atoms with Crippen molar-refractivity contribution in [2.24, 2.45) is 0 Å². The van der Waals surface area contributed by atoms with Gasteiger partial charge in [0.25, 0.3) is 0 Å². The lowest BCUT2D eigenvalue weighted by Gasteiger charge is -2.38. The Balaban J connectivity index is 1.47.